The average molecular weight is 494 g/mol. The third-order valence-electron chi connectivity index (χ3n) is 5.99. The van der Waals surface area contributed by atoms with Crippen LogP contribution in [0.2, 0.25) is 0 Å². The van der Waals surface area contributed by atoms with Crippen molar-refractivity contribution in [3.63, 3.8) is 0 Å². The van der Waals surface area contributed by atoms with Crippen molar-refractivity contribution in [1.82, 2.24) is 25.0 Å². The maximum Gasteiger partial charge on any atom is 0.194 e. The fraction of sp³-hybridized carbons (Fsp3) is 0.571. The van der Waals surface area contributed by atoms with Crippen LogP contribution in [0.3, 0.4) is 0 Å². The highest BCUT2D eigenvalue weighted by Crippen LogP contribution is 2.32. The normalized spacial score (nSPS) is 22.4. The molecule has 1 saturated heterocycles. The number of aryl methyl sites for hydroxylation is 1. The third kappa shape index (κ3) is 4.50. The number of benzene rings is 1. The van der Waals surface area contributed by atoms with Crippen molar-refractivity contribution in [2.45, 2.75) is 51.6 Å². The number of piperidine rings is 1. The Bertz CT molecular complexity index is 787. The van der Waals surface area contributed by atoms with Gasteiger partial charge in [-0.2, -0.15) is 0 Å². The summed E-state index contributed by atoms with van der Waals surface area (Å²) in [4.78, 5) is 6.92. The molecule has 2 aromatic rings. The molecule has 1 aromatic heterocycles. The van der Waals surface area contributed by atoms with E-state index in [4.69, 9.17) is 0 Å². The fourth-order valence-corrected chi connectivity index (χ4v) is 4.52. The van der Waals surface area contributed by atoms with Crippen LogP contribution in [-0.4, -0.2) is 45.8 Å². The van der Waals surface area contributed by atoms with Crippen LogP contribution in [0.5, 0.6) is 0 Å². The zero-order valence-electron chi connectivity index (χ0n) is 16.8. The molecule has 2 aliphatic rings. The van der Waals surface area contributed by atoms with Crippen LogP contribution < -0.4 is 5.32 Å². The Morgan fingerprint density at radius 3 is 2.75 bits per heavy atom. The van der Waals surface area contributed by atoms with Gasteiger partial charge in [0.25, 0.3) is 0 Å². The van der Waals surface area contributed by atoms with Crippen LogP contribution in [0.1, 0.15) is 49.3 Å². The number of likely N-dealkylation sites (tertiary alicyclic amines) is 1. The summed E-state index contributed by atoms with van der Waals surface area (Å²) in [5.41, 5.74) is 1.46. The first-order valence-corrected chi connectivity index (χ1v) is 10.2. The van der Waals surface area contributed by atoms with Gasteiger partial charge in [-0.15, -0.1) is 34.2 Å². The Balaban J connectivity index is 0.00000225. The molecule has 0 radical (unpaired) electrons. The number of rotatable bonds is 3. The topological polar surface area (TPSA) is 58.3 Å². The van der Waals surface area contributed by atoms with E-state index < -0.39 is 0 Å². The summed E-state index contributed by atoms with van der Waals surface area (Å²) in [5, 5.41) is 12.3. The third-order valence-corrected chi connectivity index (χ3v) is 5.99. The van der Waals surface area contributed by atoms with Gasteiger partial charge in [-0.05, 0) is 36.7 Å². The molecule has 7 heteroatoms. The van der Waals surface area contributed by atoms with E-state index in [2.05, 4.69) is 67.2 Å². The number of hydrogen-bond donors (Lipinski definition) is 1. The molecule has 28 heavy (non-hydrogen) atoms. The first-order chi connectivity index (χ1) is 13.3. The van der Waals surface area contributed by atoms with E-state index in [9.17, 15) is 0 Å². The first kappa shape index (κ1) is 21.1. The van der Waals surface area contributed by atoms with Gasteiger partial charge in [-0.25, -0.2) is 0 Å². The van der Waals surface area contributed by atoms with E-state index in [-0.39, 0.29) is 24.0 Å². The molecule has 6 nitrogen and oxygen atoms in total. The maximum absolute atomic E-state index is 4.53. The van der Waals surface area contributed by atoms with E-state index in [1.165, 1.54) is 18.4 Å². The summed E-state index contributed by atoms with van der Waals surface area (Å²) in [6, 6.07) is 10.9. The standard InChI is InChI=1S/C21H30N6.HI/c1-16-15-26(13-11-18(16)17-8-4-3-5-9-17)21(22-2)23-14-20-25-24-19-10-6-7-12-27(19)20;/h3-5,8-9,16,18H,6-7,10-15H2,1-2H3,(H,22,23);1H. The second kappa shape index (κ2) is 9.71. The molecule has 0 saturated carbocycles. The van der Waals surface area contributed by atoms with Crippen LogP contribution in [0.25, 0.3) is 0 Å². The van der Waals surface area contributed by atoms with E-state index in [1.807, 2.05) is 7.05 Å². The van der Waals surface area contributed by atoms with Crippen molar-refractivity contribution >= 4 is 29.9 Å². The Morgan fingerprint density at radius 2 is 2.00 bits per heavy atom. The Morgan fingerprint density at radius 1 is 1.18 bits per heavy atom. The summed E-state index contributed by atoms with van der Waals surface area (Å²) in [6.07, 6.45) is 4.65. The molecular formula is C21H31IN6. The molecule has 0 aliphatic carbocycles. The second-order valence-electron chi connectivity index (χ2n) is 7.77. The number of nitrogens with zero attached hydrogens (tertiary/aromatic N) is 5. The number of aromatic nitrogens is 3. The highest BCUT2D eigenvalue weighted by molar-refractivity contribution is 14.0. The molecule has 152 valence electrons. The van der Waals surface area contributed by atoms with Crippen LogP contribution in [0.4, 0.5) is 0 Å². The summed E-state index contributed by atoms with van der Waals surface area (Å²) >= 11 is 0. The van der Waals surface area contributed by atoms with Gasteiger partial charge >= 0.3 is 0 Å². The maximum atomic E-state index is 4.53. The Kier molecular flexibility index (Phi) is 7.31. The van der Waals surface area contributed by atoms with Crippen LogP contribution in [-0.2, 0) is 19.5 Å². The van der Waals surface area contributed by atoms with E-state index in [0.717, 1.165) is 50.1 Å². The highest BCUT2D eigenvalue weighted by atomic mass is 127. The summed E-state index contributed by atoms with van der Waals surface area (Å²) in [7, 11) is 1.87. The number of hydrogen-bond acceptors (Lipinski definition) is 3. The lowest BCUT2D eigenvalue weighted by Crippen LogP contribution is -2.48. The van der Waals surface area contributed by atoms with Crippen LogP contribution in [0, 0.1) is 5.92 Å². The second-order valence-corrected chi connectivity index (χ2v) is 7.77. The lowest BCUT2D eigenvalue weighted by atomic mass is 9.82. The smallest absolute Gasteiger partial charge is 0.194 e. The number of halogens is 1. The van der Waals surface area contributed by atoms with E-state index in [1.54, 1.807) is 0 Å². The molecular weight excluding hydrogens is 463 g/mol. The highest BCUT2D eigenvalue weighted by Gasteiger charge is 2.28. The van der Waals surface area contributed by atoms with Gasteiger partial charge in [0.15, 0.2) is 11.8 Å². The fourth-order valence-electron chi connectivity index (χ4n) is 4.52. The molecule has 2 aliphatic heterocycles. The van der Waals surface area contributed by atoms with Crippen LogP contribution in [0.15, 0.2) is 35.3 Å². The van der Waals surface area contributed by atoms with Gasteiger partial charge in [-0.3, -0.25) is 4.99 Å². The zero-order chi connectivity index (χ0) is 18.6. The Hall–Kier alpha value is -1.64. The largest absolute Gasteiger partial charge is 0.349 e. The monoisotopic (exact) mass is 494 g/mol. The molecule has 0 spiro atoms. The minimum Gasteiger partial charge on any atom is -0.349 e. The van der Waals surface area contributed by atoms with Gasteiger partial charge in [0.2, 0.25) is 0 Å². The minimum absolute atomic E-state index is 0. The predicted molar refractivity (Wildman–Crippen MR) is 123 cm³/mol. The molecule has 2 atom stereocenters. The van der Waals surface area contributed by atoms with Crippen molar-refractivity contribution < 1.29 is 0 Å². The van der Waals surface area contributed by atoms with Crippen molar-refractivity contribution in [2.75, 3.05) is 20.1 Å². The van der Waals surface area contributed by atoms with Gasteiger partial charge < -0.3 is 14.8 Å². The summed E-state index contributed by atoms with van der Waals surface area (Å²) in [6.45, 7) is 6.13. The van der Waals surface area contributed by atoms with Crippen molar-refractivity contribution in [1.29, 1.82) is 0 Å². The Labute approximate surface area is 184 Å². The average Bonchev–Trinajstić information content (AvgIpc) is 3.12. The van der Waals surface area contributed by atoms with Crippen molar-refractivity contribution in [3.8, 4) is 0 Å². The van der Waals surface area contributed by atoms with Gasteiger partial charge in [0, 0.05) is 33.1 Å². The van der Waals surface area contributed by atoms with Crippen LogP contribution >= 0.6 is 24.0 Å². The van der Waals surface area contributed by atoms with E-state index >= 15 is 0 Å². The van der Waals surface area contributed by atoms with Gasteiger partial charge in [0.1, 0.15) is 5.82 Å². The lowest BCUT2D eigenvalue weighted by Gasteiger charge is -2.38. The number of fused-ring (bicyclic) bond motifs is 1. The van der Waals surface area contributed by atoms with Gasteiger partial charge in [0.05, 0.1) is 6.54 Å². The quantitative estimate of drug-likeness (QED) is 0.404. The minimum atomic E-state index is 0. The number of aliphatic imine (C=N–C) groups is 1. The SMILES string of the molecule is CN=C(NCc1nnc2n1CCCC2)N1CCC(c2ccccc2)C(C)C1.I. The van der Waals surface area contributed by atoms with Crippen molar-refractivity contribution in [3.05, 3.63) is 47.5 Å². The number of guanidine groups is 1. The molecule has 0 bridgehead atoms. The summed E-state index contributed by atoms with van der Waals surface area (Å²) in [5.74, 6) is 4.36. The van der Waals surface area contributed by atoms with Crippen molar-refractivity contribution in [2.24, 2.45) is 10.9 Å². The van der Waals surface area contributed by atoms with Gasteiger partial charge in [-0.1, -0.05) is 37.3 Å². The number of nitrogens with one attached hydrogen (secondary N) is 1. The molecule has 1 aromatic carbocycles. The molecule has 4 rings (SSSR count). The molecule has 3 heterocycles. The molecule has 2 unspecified atom stereocenters. The molecule has 1 N–H and O–H groups in total. The molecule has 0 amide bonds. The predicted octanol–water partition coefficient (Wildman–Crippen LogP) is 3.43. The molecule has 1 fully saturated rings. The first-order valence-electron chi connectivity index (χ1n) is 10.2. The lowest BCUT2D eigenvalue weighted by molar-refractivity contribution is 0.234. The zero-order valence-corrected chi connectivity index (χ0v) is 19.2. The van der Waals surface area contributed by atoms with E-state index in [0.29, 0.717) is 18.4 Å². The summed E-state index contributed by atoms with van der Waals surface area (Å²) < 4.78 is 2.27.